The number of imidazole rings is 1. The van der Waals surface area contributed by atoms with Crippen LogP contribution >= 0.6 is 11.8 Å². The maximum Gasteiger partial charge on any atom is 0.261 e. The van der Waals surface area contributed by atoms with Gasteiger partial charge in [-0.3, -0.25) is 4.72 Å². The van der Waals surface area contributed by atoms with E-state index >= 15 is 0 Å². The summed E-state index contributed by atoms with van der Waals surface area (Å²) in [6, 6.07) is 20.1. The molecule has 0 fully saturated rings. The highest BCUT2D eigenvalue weighted by atomic mass is 32.2. The van der Waals surface area contributed by atoms with E-state index in [1.54, 1.807) is 30.5 Å². The van der Waals surface area contributed by atoms with Crippen molar-refractivity contribution < 1.29 is 8.42 Å². The SMILES string of the molecule is Cn1ccnc1Sc1ccccc1NS(=O)(=O)c1ccc2ccccc2c1. The van der Waals surface area contributed by atoms with Crippen LogP contribution in [0, 0.1) is 0 Å². The number of rotatable bonds is 5. The van der Waals surface area contributed by atoms with Crippen LogP contribution in [0.3, 0.4) is 0 Å². The quantitative estimate of drug-likeness (QED) is 0.539. The Labute approximate surface area is 162 Å². The van der Waals surface area contributed by atoms with Gasteiger partial charge >= 0.3 is 0 Å². The molecule has 1 heterocycles. The van der Waals surface area contributed by atoms with Crippen LogP contribution in [0.5, 0.6) is 0 Å². The molecule has 0 saturated carbocycles. The summed E-state index contributed by atoms with van der Waals surface area (Å²) in [6.07, 6.45) is 3.56. The van der Waals surface area contributed by atoms with E-state index in [0.717, 1.165) is 20.8 Å². The Morgan fingerprint density at radius 1 is 0.963 bits per heavy atom. The lowest BCUT2D eigenvalue weighted by atomic mass is 10.1. The number of fused-ring (bicyclic) bond motifs is 1. The fourth-order valence-corrected chi connectivity index (χ4v) is 4.80. The molecule has 0 amide bonds. The molecular weight excluding hydrogens is 378 g/mol. The highest BCUT2D eigenvalue weighted by molar-refractivity contribution is 7.99. The highest BCUT2D eigenvalue weighted by Crippen LogP contribution is 2.33. The predicted octanol–water partition coefficient (Wildman–Crippen LogP) is 4.53. The molecule has 3 aromatic carbocycles. The summed E-state index contributed by atoms with van der Waals surface area (Å²) in [4.78, 5) is 5.31. The van der Waals surface area contributed by atoms with Gasteiger partial charge < -0.3 is 4.57 Å². The Balaban J connectivity index is 1.67. The van der Waals surface area contributed by atoms with Crippen molar-refractivity contribution in [1.82, 2.24) is 9.55 Å². The second kappa shape index (κ2) is 7.09. The van der Waals surface area contributed by atoms with Crippen molar-refractivity contribution in [3.8, 4) is 0 Å². The number of para-hydroxylation sites is 1. The monoisotopic (exact) mass is 395 g/mol. The number of sulfonamides is 1. The number of aryl methyl sites for hydroxylation is 1. The van der Waals surface area contributed by atoms with Crippen LogP contribution in [0.4, 0.5) is 5.69 Å². The van der Waals surface area contributed by atoms with Crippen LogP contribution in [0.2, 0.25) is 0 Å². The summed E-state index contributed by atoms with van der Waals surface area (Å²) < 4.78 is 30.5. The summed E-state index contributed by atoms with van der Waals surface area (Å²) in [5.41, 5.74) is 0.527. The molecule has 0 aliphatic carbocycles. The number of anilines is 1. The van der Waals surface area contributed by atoms with Gasteiger partial charge in [0.05, 0.1) is 10.6 Å². The van der Waals surface area contributed by atoms with Gasteiger partial charge in [-0.1, -0.05) is 42.5 Å². The Bertz CT molecular complexity index is 1220. The summed E-state index contributed by atoms with van der Waals surface area (Å²) in [6.45, 7) is 0. The molecule has 7 heteroatoms. The van der Waals surface area contributed by atoms with E-state index in [4.69, 9.17) is 0 Å². The van der Waals surface area contributed by atoms with Gasteiger partial charge in [-0.2, -0.15) is 0 Å². The van der Waals surface area contributed by atoms with Gasteiger partial charge in [-0.25, -0.2) is 13.4 Å². The van der Waals surface area contributed by atoms with Crippen molar-refractivity contribution in [3.63, 3.8) is 0 Å². The Morgan fingerprint density at radius 2 is 1.70 bits per heavy atom. The largest absolute Gasteiger partial charge is 0.329 e. The molecular formula is C20H17N3O2S2. The van der Waals surface area contributed by atoms with Crippen molar-refractivity contribution in [2.24, 2.45) is 7.05 Å². The second-order valence-electron chi connectivity index (χ2n) is 6.03. The van der Waals surface area contributed by atoms with Crippen molar-refractivity contribution in [3.05, 3.63) is 79.1 Å². The van der Waals surface area contributed by atoms with Crippen molar-refractivity contribution in [1.29, 1.82) is 0 Å². The van der Waals surface area contributed by atoms with E-state index in [0.29, 0.717) is 5.69 Å². The first-order valence-corrected chi connectivity index (χ1v) is 10.6. The zero-order chi connectivity index (χ0) is 18.9. The van der Waals surface area contributed by atoms with E-state index < -0.39 is 10.0 Å². The number of hydrogen-bond donors (Lipinski definition) is 1. The minimum Gasteiger partial charge on any atom is -0.329 e. The van der Waals surface area contributed by atoms with Gasteiger partial charge in [0.15, 0.2) is 5.16 Å². The molecule has 0 bridgehead atoms. The first-order chi connectivity index (χ1) is 13.0. The molecule has 5 nitrogen and oxygen atoms in total. The first kappa shape index (κ1) is 17.6. The molecule has 0 saturated heterocycles. The normalized spacial score (nSPS) is 11.6. The summed E-state index contributed by atoms with van der Waals surface area (Å²) in [5, 5.41) is 2.67. The first-order valence-electron chi connectivity index (χ1n) is 8.29. The molecule has 0 aliphatic rings. The number of nitrogens with zero attached hydrogens (tertiary/aromatic N) is 2. The predicted molar refractivity (Wildman–Crippen MR) is 109 cm³/mol. The van der Waals surface area contributed by atoms with E-state index in [1.807, 2.05) is 60.3 Å². The van der Waals surface area contributed by atoms with Crippen molar-refractivity contribution in [2.45, 2.75) is 14.9 Å². The number of nitrogens with one attached hydrogen (secondary N) is 1. The maximum atomic E-state index is 12.9. The standard InChI is InChI=1S/C20H17N3O2S2/c1-23-13-12-21-20(23)26-19-9-5-4-8-18(19)22-27(24,25)17-11-10-15-6-2-3-7-16(15)14-17/h2-14,22H,1H3. The van der Waals surface area contributed by atoms with E-state index in [1.165, 1.54) is 11.8 Å². The smallest absolute Gasteiger partial charge is 0.261 e. The third-order valence-electron chi connectivity index (χ3n) is 4.14. The van der Waals surface area contributed by atoms with E-state index in [9.17, 15) is 8.42 Å². The van der Waals surface area contributed by atoms with Crippen LogP contribution in [0.1, 0.15) is 0 Å². The molecule has 4 rings (SSSR count). The Morgan fingerprint density at radius 3 is 2.48 bits per heavy atom. The van der Waals surface area contributed by atoms with E-state index in [-0.39, 0.29) is 4.90 Å². The molecule has 27 heavy (non-hydrogen) atoms. The molecule has 1 N–H and O–H groups in total. The summed E-state index contributed by atoms with van der Waals surface area (Å²) in [5.74, 6) is 0. The fraction of sp³-hybridized carbons (Fsp3) is 0.0500. The zero-order valence-corrected chi connectivity index (χ0v) is 16.2. The van der Waals surface area contributed by atoms with Crippen LogP contribution in [-0.4, -0.2) is 18.0 Å². The number of aromatic nitrogens is 2. The average Bonchev–Trinajstić information content (AvgIpc) is 3.07. The van der Waals surface area contributed by atoms with Crippen molar-refractivity contribution >= 4 is 38.2 Å². The van der Waals surface area contributed by atoms with Crippen LogP contribution < -0.4 is 4.72 Å². The van der Waals surface area contributed by atoms with Crippen LogP contribution in [0.25, 0.3) is 10.8 Å². The molecule has 0 aliphatic heterocycles. The lowest BCUT2D eigenvalue weighted by Gasteiger charge is -2.12. The molecule has 136 valence electrons. The van der Waals surface area contributed by atoms with Gasteiger partial charge in [0.2, 0.25) is 0 Å². The minimum atomic E-state index is -3.71. The third-order valence-corrected chi connectivity index (χ3v) is 6.66. The van der Waals surface area contributed by atoms with Crippen LogP contribution in [-0.2, 0) is 17.1 Å². The molecule has 0 spiro atoms. The van der Waals surface area contributed by atoms with Crippen LogP contribution in [0.15, 0.2) is 94.1 Å². The van der Waals surface area contributed by atoms with Gasteiger partial charge in [-0.05, 0) is 46.8 Å². The van der Waals surface area contributed by atoms with E-state index in [2.05, 4.69) is 9.71 Å². The molecule has 0 radical (unpaired) electrons. The van der Waals surface area contributed by atoms with Gasteiger partial charge in [-0.15, -0.1) is 0 Å². The third kappa shape index (κ3) is 3.70. The lowest BCUT2D eigenvalue weighted by molar-refractivity contribution is 0.601. The molecule has 4 aromatic rings. The van der Waals surface area contributed by atoms with Crippen molar-refractivity contribution in [2.75, 3.05) is 4.72 Å². The Kier molecular flexibility index (Phi) is 4.63. The van der Waals surface area contributed by atoms with Gasteiger partial charge in [0.25, 0.3) is 10.0 Å². The van der Waals surface area contributed by atoms with Gasteiger partial charge in [0, 0.05) is 24.3 Å². The lowest BCUT2D eigenvalue weighted by Crippen LogP contribution is -2.13. The molecule has 0 unspecified atom stereocenters. The number of hydrogen-bond acceptors (Lipinski definition) is 4. The topological polar surface area (TPSA) is 64.0 Å². The average molecular weight is 396 g/mol. The highest BCUT2D eigenvalue weighted by Gasteiger charge is 2.17. The molecule has 0 atom stereocenters. The summed E-state index contributed by atoms with van der Waals surface area (Å²) >= 11 is 1.41. The zero-order valence-electron chi connectivity index (χ0n) is 14.5. The fourth-order valence-electron chi connectivity index (χ4n) is 2.73. The Hall–Kier alpha value is -2.77. The summed E-state index contributed by atoms with van der Waals surface area (Å²) in [7, 11) is -1.81. The van der Waals surface area contributed by atoms with Gasteiger partial charge in [0.1, 0.15) is 0 Å². The number of benzene rings is 3. The molecule has 1 aromatic heterocycles. The second-order valence-corrected chi connectivity index (χ2v) is 8.72. The minimum absolute atomic E-state index is 0.234. The maximum absolute atomic E-state index is 12.9.